The highest BCUT2D eigenvalue weighted by molar-refractivity contribution is 6.00. The van der Waals surface area contributed by atoms with Crippen LogP contribution in [0.25, 0.3) is 0 Å². The lowest BCUT2D eigenvalue weighted by molar-refractivity contribution is 0.0951. The van der Waals surface area contributed by atoms with Crippen molar-refractivity contribution in [3.63, 3.8) is 0 Å². The van der Waals surface area contributed by atoms with Crippen molar-refractivity contribution in [2.24, 2.45) is 0 Å². The molecule has 2 rings (SSSR count). The van der Waals surface area contributed by atoms with Crippen LogP contribution in [0.15, 0.2) is 34.9 Å². The Morgan fingerprint density at radius 2 is 2.00 bits per heavy atom. The summed E-state index contributed by atoms with van der Waals surface area (Å²) in [7, 11) is 3.98. The second-order valence-electron chi connectivity index (χ2n) is 5.05. The third-order valence-electron chi connectivity index (χ3n) is 3.09. The molecule has 0 N–H and O–H groups in total. The molecule has 0 amide bonds. The summed E-state index contributed by atoms with van der Waals surface area (Å²) in [6, 6.07) is 9.16. The highest BCUT2D eigenvalue weighted by atomic mass is 16.5. The van der Waals surface area contributed by atoms with Gasteiger partial charge in [-0.15, -0.1) is 0 Å². The Morgan fingerprint density at radius 3 is 2.65 bits per heavy atom. The van der Waals surface area contributed by atoms with E-state index in [1.165, 1.54) is 0 Å². The van der Waals surface area contributed by atoms with Gasteiger partial charge in [0.25, 0.3) is 0 Å². The smallest absolute Gasteiger partial charge is 0.237 e. The average molecular weight is 273 g/mol. The van der Waals surface area contributed by atoms with Crippen LogP contribution in [0.5, 0.6) is 0 Å². The number of carbonyl (C=O) groups excluding carboxylic acids is 1. The van der Waals surface area contributed by atoms with Crippen LogP contribution in [0.3, 0.4) is 0 Å². The molecule has 0 bridgehead atoms. The summed E-state index contributed by atoms with van der Waals surface area (Å²) in [6.45, 7) is 2.64. The van der Waals surface area contributed by atoms with Gasteiger partial charge in [-0.05, 0) is 21.0 Å². The maximum Gasteiger partial charge on any atom is 0.237 e. The number of rotatable bonds is 6. The summed E-state index contributed by atoms with van der Waals surface area (Å²) >= 11 is 0. The largest absolute Gasteiger partial charge is 0.339 e. The number of hydrogen-bond acceptors (Lipinski definition) is 5. The van der Waals surface area contributed by atoms with Crippen molar-refractivity contribution in [3.05, 3.63) is 47.6 Å². The molecule has 0 spiro atoms. The Morgan fingerprint density at radius 1 is 1.30 bits per heavy atom. The molecule has 106 valence electrons. The van der Waals surface area contributed by atoms with Crippen molar-refractivity contribution in [3.8, 4) is 0 Å². The molecule has 0 aliphatic rings. The molecule has 0 saturated heterocycles. The molecule has 0 radical (unpaired) electrons. The molecular formula is C15H19N3O2. The number of carbonyl (C=O) groups is 1. The fourth-order valence-electron chi connectivity index (χ4n) is 1.83. The van der Waals surface area contributed by atoms with Crippen molar-refractivity contribution in [1.29, 1.82) is 0 Å². The van der Waals surface area contributed by atoms with Crippen molar-refractivity contribution in [2.75, 3.05) is 20.6 Å². The summed E-state index contributed by atoms with van der Waals surface area (Å²) < 4.78 is 5.20. The number of nitrogens with zero attached hydrogens (tertiary/aromatic N) is 3. The van der Waals surface area contributed by atoms with Crippen LogP contribution in [-0.2, 0) is 6.42 Å². The number of Topliss-reactive ketones (excluding diaryl/α,β-unsaturated/α-hetero) is 1. The van der Waals surface area contributed by atoms with Crippen LogP contribution in [0, 0.1) is 0 Å². The third-order valence-corrected chi connectivity index (χ3v) is 3.09. The Balaban J connectivity index is 2.06. The summed E-state index contributed by atoms with van der Waals surface area (Å²) in [5.41, 5.74) is 0.660. The van der Waals surface area contributed by atoms with E-state index in [9.17, 15) is 4.79 Å². The van der Waals surface area contributed by atoms with Gasteiger partial charge in [-0.1, -0.05) is 35.5 Å². The molecule has 5 nitrogen and oxygen atoms in total. The van der Waals surface area contributed by atoms with Gasteiger partial charge in [0.2, 0.25) is 5.89 Å². The highest BCUT2D eigenvalue weighted by Gasteiger charge is 2.22. The van der Waals surface area contributed by atoms with Gasteiger partial charge in [0.05, 0.1) is 5.92 Å². The molecule has 0 fully saturated rings. The minimum Gasteiger partial charge on any atom is -0.339 e. The van der Waals surface area contributed by atoms with Gasteiger partial charge >= 0.3 is 0 Å². The molecule has 5 heteroatoms. The van der Waals surface area contributed by atoms with Crippen molar-refractivity contribution in [1.82, 2.24) is 15.0 Å². The summed E-state index contributed by atoms with van der Waals surface area (Å²) in [5.74, 6) is 0.598. The minimum atomic E-state index is -0.419. The van der Waals surface area contributed by atoms with Gasteiger partial charge in [-0.2, -0.15) is 4.98 Å². The van der Waals surface area contributed by atoms with Gasteiger partial charge in [-0.3, -0.25) is 4.79 Å². The van der Waals surface area contributed by atoms with E-state index in [-0.39, 0.29) is 5.78 Å². The summed E-state index contributed by atoms with van der Waals surface area (Å²) in [5, 5.41) is 3.92. The molecule has 0 aliphatic carbocycles. The van der Waals surface area contributed by atoms with Gasteiger partial charge in [0.15, 0.2) is 11.6 Å². The topological polar surface area (TPSA) is 59.2 Å². The maximum absolute atomic E-state index is 12.3. The van der Waals surface area contributed by atoms with E-state index in [2.05, 4.69) is 15.0 Å². The molecular weight excluding hydrogens is 254 g/mol. The number of hydrogen-bond donors (Lipinski definition) is 0. The van der Waals surface area contributed by atoms with Gasteiger partial charge in [-0.25, -0.2) is 0 Å². The lowest BCUT2D eigenvalue weighted by Crippen LogP contribution is -2.15. The summed E-state index contributed by atoms with van der Waals surface area (Å²) in [4.78, 5) is 18.6. The van der Waals surface area contributed by atoms with E-state index >= 15 is 0 Å². The van der Waals surface area contributed by atoms with Crippen LogP contribution in [0.1, 0.15) is 34.9 Å². The van der Waals surface area contributed by atoms with Crippen molar-refractivity contribution >= 4 is 5.78 Å². The molecule has 0 aliphatic heterocycles. The predicted octanol–water partition coefficient (Wildman–Crippen LogP) is 2.16. The number of aromatic nitrogens is 2. The third kappa shape index (κ3) is 3.51. The second-order valence-corrected chi connectivity index (χ2v) is 5.05. The quantitative estimate of drug-likeness (QED) is 0.755. The van der Waals surface area contributed by atoms with Crippen LogP contribution < -0.4 is 0 Å². The number of likely N-dealkylation sites (N-methyl/N-ethyl adjacent to an activating group) is 1. The van der Waals surface area contributed by atoms with Gasteiger partial charge in [0.1, 0.15) is 0 Å². The second kappa shape index (κ2) is 6.43. The van der Waals surface area contributed by atoms with E-state index in [1.807, 2.05) is 32.3 Å². The van der Waals surface area contributed by atoms with E-state index < -0.39 is 5.92 Å². The standard InChI is InChI=1S/C15H19N3O2/c1-11(14(19)12-7-5-4-6-8-12)15-16-13(17-20-15)9-10-18(2)3/h4-8,11H,9-10H2,1-3H3. The zero-order valence-corrected chi connectivity index (χ0v) is 12.0. The van der Waals surface area contributed by atoms with Gasteiger partial charge in [0, 0.05) is 18.5 Å². The number of ketones is 1. The molecule has 1 aromatic heterocycles. The molecule has 1 unspecified atom stereocenters. The number of benzene rings is 1. The van der Waals surface area contributed by atoms with Gasteiger partial charge < -0.3 is 9.42 Å². The average Bonchev–Trinajstić information content (AvgIpc) is 2.93. The Bertz CT molecular complexity index is 564. The molecule has 2 aromatic rings. The van der Waals surface area contributed by atoms with Crippen LogP contribution in [0.4, 0.5) is 0 Å². The first-order valence-corrected chi connectivity index (χ1v) is 6.64. The lowest BCUT2D eigenvalue weighted by Gasteiger charge is -2.06. The lowest BCUT2D eigenvalue weighted by atomic mass is 9.99. The van der Waals surface area contributed by atoms with Crippen LogP contribution >= 0.6 is 0 Å². The first-order chi connectivity index (χ1) is 9.58. The SMILES string of the molecule is CC(C(=O)c1ccccc1)c1nc(CCN(C)C)no1. The fraction of sp³-hybridized carbons (Fsp3) is 0.400. The Labute approximate surface area is 118 Å². The van der Waals surface area contributed by atoms with Crippen molar-refractivity contribution < 1.29 is 9.32 Å². The molecule has 0 saturated carbocycles. The van der Waals surface area contributed by atoms with E-state index in [1.54, 1.807) is 19.1 Å². The zero-order valence-electron chi connectivity index (χ0n) is 12.0. The summed E-state index contributed by atoms with van der Waals surface area (Å²) in [6.07, 6.45) is 0.711. The normalized spacial score (nSPS) is 12.6. The van der Waals surface area contributed by atoms with E-state index in [0.717, 1.165) is 6.54 Å². The van der Waals surface area contributed by atoms with E-state index in [0.29, 0.717) is 23.7 Å². The van der Waals surface area contributed by atoms with Crippen LogP contribution in [-0.4, -0.2) is 41.5 Å². The zero-order chi connectivity index (χ0) is 14.5. The van der Waals surface area contributed by atoms with Crippen molar-refractivity contribution in [2.45, 2.75) is 19.3 Å². The van der Waals surface area contributed by atoms with Crippen LogP contribution in [0.2, 0.25) is 0 Å². The predicted molar refractivity (Wildman–Crippen MR) is 75.7 cm³/mol. The molecule has 1 atom stereocenters. The monoisotopic (exact) mass is 273 g/mol. The fourth-order valence-corrected chi connectivity index (χ4v) is 1.83. The molecule has 20 heavy (non-hydrogen) atoms. The first kappa shape index (κ1) is 14.4. The minimum absolute atomic E-state index is 0.00610. The first-order valence-electron chi connectivity index (χ1n) is 6.64. The Hall–Kier alpha value is -2.01. The Kier molecular flexibility index (Phi) is 4.63. The molecule has 1 aromatic carbocycles. The molecule has 1 heterocycles. The highest BCUT2D eigenvalue weighted by Crippen LogP contribution is 2.18. The maximum atomic E-state index is 12.3. The van der Waals surface area contributed by atoms with E-state index in [4.69, 9.17) is 4.52 Å².